The SMILES string of the molecule is CCc1cccc(CC)c1NC(=O)[C@H](C)n1cnc2sc(C)c(C)c2c1=O. The summed E-state index contributed by atoms with van der Waals surface area (Å²) < 4.78 is 1.43. The summed E-state index contributed by atoms with van der Waals surface area (Å²) in [6.45, 7) is 9.78. The first-order valence-electron chi connectivity index (χ1n) is 9.27. The van der Waals surface area contributed by atoms with Gasteiger partial charge in [0.05, 0.1) is 11.7 Å². The molecular weight excluding hydrogens is 358 g/mol. The molecule has 0 spiro atoms. The third kappa shape index (κ3) is 3.41. The number of anilines is 1. The van der Waals surface area contributed by atoms with Crippen LogP contribution in [0.2, 0.25) is 0 Å². The lowest BCUT2D eigenvalue weighted by atomic mass is 10.0. The molecule has 2 heterocycles. The van der Waals surface area contributed by atoms with E-state index >= 15 is 0 Å². The van der Waals surface area contributed by atoms with Crippen molar-refractivity contribution in [3.05, 3.63) is 56.4 Å². The zero-order valence-electron chi connectivity index (χ0n) is 16.4. The molecule has 0 saturated heterocycles. The molecule has 142 valence electrons. The predicted octanol–water partition coefficient (Wildman–Crippen LogP) is 4.40. The Bertz CT molecular complexity index is 1040. The van der Waals surface area contributed by atoms with Gasteiger partial charge in [-0.3, -0.25) is 14.2 Å². The summed E-state index contributed by atoms with van der Waals surface area (Å²) in [6.07, 6.45) is 3.15. The van der Waals surface area contributed by atoms with E-state index in [9.17, 15) is 9.59 Å². The number of carbonyl (C=O) groups is 1. The highest BCUT2D eigenvalue weighted by molar-refractivity contribution is 7.18. The molecule has 3 aromatic rings. The number of fused-ring (bicyclic) bond motifs is 1. The van der Waals surface area contributed by atoms with Crippen molar-refractivity contribution in [2.24, 2.45) is 0 Å². The number of nitrogens with one attached hydrogen (secondary N) is 1. The predicted molar refractivity (Wildman–Crippen MR) is 112 cm³/mol. The number of aromatic nitrogens is 2. The van der Waals surface area contributed by atoms with Gasteiger partial charge in [0.2, 0.25) is 5.91 Å². The monoisotopic (exact) mass is 383 g/mol. The van der Waals surface area contributed by atoms with Crippen LogP contribution in [0.4, 0.5) is 5.69 Å². The van der Waals surface area contributed by atoms with Crippen molar-refractivity contribution in [3.8, 4) is 0 Å². The molecule has 6 heteroatoms. The zero-order valence-corrected chi connectivity index (χ0v) is 17.2. The fourth-order valence-corrected chi connectivity index (χ4v) is 4.27. The first-order valence-corrected chi connectivity index (χ1v) is 10.1. The van der Waals surface area contributed by atoms with Crippen molar-refractivity contribution in [2.45, 2.75) is 53.5 Å². The van der Waals surface area contributed by atoms with Crippen molar-refractivity contribution >= 4 is 33.1 Å². The van der Waals surface area contributed by atoms with Crippen LogP contribution in [0, 0.1) is 13.8 Å². The molecular formula is C21H25N3O2S. The van der Waals surface area contributed by atoms with E-state index in [1.807, 2.05) is 32.0 Å². The molecule has 3 rings (SSSR count). The van der Waals surface area contributed by atoms with Gasteiger partial charge in [0.15, 0.2) is 0 Å². The van der Waals surface area contributed by atoms with Gasteiger partial charge >= 0.3 is 0 Å². The third-order valence-corrected chi connectivity index (χ3v) is 6.27. The smallest absolute Gasteiger partial charge is 0.263 e. The number of aryl methyl sites for hydroxylation is 4. The average molecular weight is 384 g/mol. The summed E-state index contributed by atoms with van der Waals surface area (Å²) in [5.74, 6) is -0.210. The minimum atomic E-state index is -0.649. The lowest BCUT2D eigenvalue weighted by molar-refractivity contribution is -0.118. The highest BCUT2D eigenvalue weighted by Gasteiger charge is 2.21. The van der Waals surface area contributed by atoms with Crippen molar-refractivity contribution < 1.29 is 4.79 Å². The molecule has 0 aliphatic rings. The van der Waals surface area contributed by atoms with Crippen LogP contribution in [0.5, 0.6) is 0 Å². The summed E-state index contributed by atoms with van der Waals surface area (Å²) in [5, 5.41) is 3.66. The number of benzene rings is 1. The van der Waals surface area contributed by atoms with Crippen LogP contribution in [-0.4, -0.2) is 15.5 Å². The van der Waals surface area contributed by atoms with E-state index < -0.39 is 6.04 Å². The van der Waals surface area contributed by atoms with Gasteiger partial charge in [0, 0.05) is 10.6 Å². The van der Waals surface area contributed by atoms with Gasteiger partial charge in [-0.05, 0) is 50.3 Å². The Hall–Kier alpha value is -2.47. The maximum Gasteiger partial charge on any atom is 0.263 e. The van der Waals surface area contributed by atoms with E-state index in [-0.39, 0.29) is 11.5 Å². The Morgan fingerprint density at radius 3 is 2.44 bits per heavy atom. The fraction of sp³-hybridized carbons (Fsp3) is 0.381. The molecule has 1 N–H and O–H groups in total. The molecule has 1 atom stereocenters. The van der Waals surface area contributed by atoms with Crippen LogP contribution in [0.15, 0.2) is 29.3 Å². The summed E-state index contributed by atoms with van der Waals surface area (Å²) in [7, 11) is 0. The van der Waals surface area contributed by atoms with Gasteiger partial charge in [-0.1, -0.05) is 32.0 Å². The molecule has 5 nitrogen and oxygen atoms in total. The van der Waals surface area contributed by atoms with Gasteiger partial charge in [-0.2, -0.15) is 0 Å². The Balaban J connectivity index is 1.98. The van der Waals surface area contributed by atoms with Crippen LogP contribution in [-0.2, 0) is 17.6 Å². The number of amides is 1. The quantitative estimate of drug-likeness (QED) is 0.710. The van der Waals surface area contributed by atoms with E-state index in [2.05, 4.69) is 24.1 Å². The Morgan fingerprint density at radius 2 is 1.85 bits per heavy atom. The van der Waals surface area contributed by atoms with Crippen LogP contribution < -0.4 is 10.9 Å². The highest BCUT2D eigenvalue weighted by Crippen LogP contribution is 2.27. The molecule has 0 fully saturated rings. The van der Waals surface area contributed by atoms with Gasteiger partial charge in [0.25, 0.3) is 5.56 Å². The van der Waals surface area contributed by atoms with Crippen LogP contribution in [0.1, 0.15) is 48.4 Å². The van der Waals surface area contributed by atoms with E-state index in [1.54, 1.807) is 6.92 Å². The largest absolute Gasteiger partial charge is 0.324 e. The highest BCUT2D eigenvalue weighted by atomic mass is 32.1. The number of hydrogen-bond acceptors (Lipinski definition) is 4. The lowest BCUT2D eigenvalue weighted by Crippen LogP contribution is -2.32. The topological polar surface area (TPSA) is 64.0 Å². The fourth-order valence-electron chi connectivity index (χ4n) is 3.28. The second-order valence-electron chi connectivity index (χ2n) is 6.74. The molecule has 0 aliphatic heterocycles. The maximum atomic E-state index is 13.0. The van der Waals surface area contributed by atoms with E-state index in [4.69, 9.17) is 0 Å². The molecule has 1 aromatic carbocycles. The number of para-hydroxylation sites is 1. The van der Waals surface area contributed by atoms with E-state index in [0.29, 0.717) is 5.39 Å². The van der Waals surface area contributed by atoms with E-state index in [1.165, 1.54) is 22.2 Å². The molecule has 0 aliphatic carbocycles. The maximum absolute atomic E-state index is 13.0. The number of rotatable bonds is 5. The van der Waals surface area contributed by atoms with Gasteiger partial charge in [-0.15, -0.1) is 11.3 Å². The van der Waals surface area contributed by atoms with Crippen LogP contribution in [0.25, 0.3) is 10.2 Å². The Labute approximate surface area is 163 Å². The normalized spacial score (nSPS) is 12.3. The average Bonchev–Trinajstić information content (AvgIpc) is 2.96. The van der Waals surface area contributed by atoms with Gasteiger partial charge < -0.3 is 5.32 Å². The number of nitrogens with zero attached hydrogens (tertiary/aromatic N) is 2. The lowest BCUT2D eigenvalue weighted by Gasteiger charge is -2.18. The standard InChI is InChI=1S/C21H25N3O2S/c1-6-15-9-8-10-16(7-2)18(15)23-19(25)13(4)24-11-22-20-17(21(24)26)12(3)14(5)27-20/h8-11,13H,6-7H2,1-5H3,(H,23,25)/t13-/m0/s1. The summed E-state index contributed by atoms with van der Waals surface area (Å²) in [5.41, 5.74) is 3.84. The first kappa shape index (κ1) is 19.3. The minimum Gasteiger partial charge on any atom is -0.324 e. The minimum absolute atomic E-state index is 0.163. The van der Waals surface area contributed by atoms with Crippen molar-refractivity contribution in [1.29, 1.82) is 0 Å². The molecule has 0 radical (unpaired) electrons. The summed E-state index contributed by atoms with van der Waals surface area (Å²) in [6, 6.07) is 5.41. The van der Waals surface area contributed by atoms with Gasteiger partial charge in [-0.25, -0.2) is 4.98 Å². The Kier molecular flexibility index (Phi) is 5.46. The van der Waals surface area contributed by atoms with Crippen molar-refractivity contribution in [2.75, 3.05) is 5.32 Å². The molecule has 0 saturated carbocycles. The molecule has 0 unspecified atom stereocenters. The molecule has 2 aromatic heterocycles. The van der Waals surface area contributed by atoms with Crippen molar-refractivity contribution in [3.63, 3.8) is 0 Å². The number of thiophene rings is 1. The third-order valence-electron chi connectivity index (χ3n) is 5.16. The Morgan fingerprint density at radius 1 is 1.22 bits per heavy atom. The number of hydrogen-bond donors (Lipinski definition) is 1. The summed E-state index contributed by atoms with van der Waals surface area (Å²) in [4.78, 5) is 32.1. The number of carbonyl (C=O) groups excluding carboxylic acids is 1. The summed E-state index contributed by atoms with van der Waals surface area (Å²) >= 11 is 1.51. The van der Waals surface area contributed by atoms with Crippen LogP contribution in [0.3, 0.4) is 0 Å². The molecule has 0 bridgehead atoms. The zero-order chi connectivity index (χ0) is 19.7. The second-order valence-corrected chi connectivity index (χ2v) is 7.95. The molecule has 27 heavy (non-hydrogen) atoms. The van der Waals surface area contributed by atoms with E-state index in [0.717, 1.165) is 44.9 Å². The first-order chi connectivity index (χ1) is 12.9. The van der Waals surface area contributed by atoms with Gasteiger partial charge in [0.1, 0.15) is 10.9 Å². The molecule has 1 amide bonds. The van der Waals surface area contributed by atoms with Crippen LogP contribution >= 0.6 is 11.3 Å². The van der Waals surface area contributed by atoms with Crippen molar-refractivity contribution in [1.82, 2.24) is 9.55 Å². The second kappa shape index (κ2) is 7.64.